The van der Waals surface area contributed by atoms with E-state index in [2.05, 4.69) is 41.9 Å². The standard InChI is InChI=1S/C27H26N8O4/c36-25(37)18-13-21(34-26(38)32-19-5-1-3-16(11-19)23-28-7-8-29-23)15-22(14-18)35-27(39)33-20-6-2-4-17(12-20)24-30-9-10-31-24/h1-6,11-15H,7-10H2,(H,28,29)(H,30,31)(H,36,37)(H2,32,34,38)(H2,33,35,39)/p+1. The fourth-order valence-corrected chi connectivity index (χ4v) is 4.21. The molecule has 12 nitrogen and oxygen atoms in total. The summed E-state index contributed by atoms with van der Waals surface area (Å²) in [6.07, 6.45) is 0. The van der Waals surface area contributed by atoms with E-state index in [1.165, 1.54) is 18.2 Å². The molecule has 0 atom stereocenters. The molecular formula is C27H27N8O4+. The van der Waals surface area contributed by atoms with E-state index < -0.39 is 18.0 Å². The van der Waals surface area contributed by atoms with Gasteiger partial charge >= 0.3 is 18.0 Å². The van der Waals surface area contributed by atoms with Gasteiger partial charge in [0.25, 0.3) is 5.84 Å². The third-order valence-corrected chi connectivity index (χ3v) is 5.90. The summed E-state index contributed by atoms with van der Waals surface area (Å²) in [5.41, 5.74) is 3.12. The largest absolute Gasteiger partial charge is 0.478 e. The first kappa shape index (κ1) is 25.3. The maximum Gasteiger partial charge on any atom is 0.335 e. The molecule has 0 aromatic heterocycles. The summed E-state index contributed by atoms with van der Waals surface area (Å²) < 4.78 is 0. The molecule has 4 amide bonds. The number of amides is 4. The number of carboxylic acid groups (broad SMARTS) is 1. The lowest BCUT2D eigenvalue weighted by molar-refractivity contribution is -0.444. The Morgan fingerprint density at radius 2 is 1.36 bits per heavy atom. The first-order valence-corrected chi connectivity index (χ1v) is 12.3. The number of anilines is 4. The molecule has 0 radical (unpaired) electrons. The van der Waals surface area contributed by atoms with Crippen molar-refractivity contribution in [2.24, 2.45) is 4.99 Å². The Hall–Kier alpha value is -5.39. The van der Waals surface area contributed by atoms with Gasteiger partial charge in [-0.15, -0.1) is 0 Å². The Kier molecular flexibility index (Phi) is 7.35. The van der Waals surface area contributed by atoms with E-state index in [9.17, 15) is 19.5 Å². The molecule has 3 aromatic carbocycles. The normalized spacial score (nSPS) is 13.8. The number of urea groups is 2. The predicted octanol–water partition coefficient (Wildman–Crippen LogP) is 1.45. The molecule has 2 aliphatic heterocycles. The summed E-state index contributed by atoms with van der Waals surface area (Å²) in [5.74, 6) is 0.443. The zero-order valence-electron chi connectivity index (χ0n) is 20.8. The number of aromatic carboxylic acids is 1. The number of amidine groups is 2. The maximum atomic E-state index is 12.7. The van der Waals surface area contributed by atoms with Gasteiger partial charge in [0.05, 0.1) is 17.7 Å². The number of carbonyl (C=O) groups excluding carboxylic acids is 2. The molecule has 0 spiro atoms. The topological polar surface area (TPSA) is 170 Å². The van der Waals surface area contributed by atoms with Crippen LogP contribution in [0, 0.1) is 0 Å². The van der Waals surface area contributed by atoms with E-state index >= 15 is 0 Å². The molecule has 0 saturated carbocycles. The maximum absolute atomic E-state index is 12.7. The van der Waals surface area contributed by atoms with Crippen molar-refractivity contribution in [3.63, 3.8) is 0 Å². The van der Waals surface area contributed by atoms with Gasteiger partial charge in [0.1, 0.15) is 18.9 Å². The second-order valence-electron chi connectivity index (χ2n) is 8.81. The SMILES string of the molecule is O=C(Nc1cc(NC(=O)Nc2cccc(C3=[NH+]CCN3)c2)cc(C(=O)O)c1)Nc1cccc(C2=NCCN2)c1. The number of nitrogens with one attached hydrogen (secondary N) is 7. The van der Waals surface area contributed by atoms with Crippen LogP contribution in [-0.2, 0) is 0 Å². The van der Waals surface area contributed by atoms with Crippen molar-refractivity contribution in [1.82, 2.24) is 10.6 Å². The van der Waals surface area contributed by atoms with Gasteiger partial charge in [0.2, 0.25) is 0 Å². The monoisotopic (exact) mass is 527 g/mol. The average molecular weight is 528 g/mol. The fraction of sp³-hybridized carbons (Fsp3) is 0.148. The Labute approximate surface area is 223 Å². The molecule has 12 heteroatoms. The van der Waals surface area contributed by atoms with Gasteiger partial charge in [-0.1, -0.05) is 18.2 Å². The highest BCUT2D eigenvalue weighted by atomic mass is 16.4. The van der Waals surface area contributed by atoms with Crippen LogP contribution >= 0.6 is 0 Å². The van der Waals surface area contributed by atoms with Crippen molar-refractivity contribution in [3.8, 4) is 0 Å². The highest BCUT2D eigenvalue weighted by Gasteiger charge is 2.16. The van der Waals surface area contributed by atoms with E-state index in [0.29, 0.717) is 17.9 Å². The molecule has 39 heavy (non-hydrogen) atoms. The first-order valence-electron chi connectivity index (χ1n) is 12.3. The van der Waals surface area contributed by atoms with Crippen molar-refractivity contribution in [2.75, 3.05) is 47.4 Å². The van der Waals surface area contributed by atoms with Crippen LogP contribution in [0.25, 0.3) is 0 Å². The lowest BCUT2D eigenvalue weighted by Gasteiger charge is -2.13. The van der Waals surface area contributed by atoms with E-state index in [4.69, 9.17) is 0 Å². The number of rotatable bonds is 7. The zero-order valence-corrected chi connectivity index (χ0v) is 20.8. The van der Waals surface area contributed by atoms with Gasteiger partial charge in [0, 0.05) is 34.9 Å². The number of aliphatic imine (C=N–C) groups is 1. The Morgan fingerprint density at radius 1 is 0.744 bits per heavy atom. The number of hydrogen-bond acceptors (Lipinski definition) is 6. The van der Waals surface area contributed by atoms with Gasteiger partial charge < -0.3 is 31.7 Å². The lowest BCUT2D eigenvalue weighted by atomic mass is 10.1. The zero-order chi connectivity index (χ0) is 27.2. The fourth-order valence-electron chi connectivity index (χ4n) is 4.21. The summed E-state index contributed by atoms with van der Waals surface area (Å²) in [6, 6.07) is 17.4. The summed E-state index contributed by atoms with van der Waals surface area (Å²) in [5, 5.41) is 26.7. The van der Waals surface area contributed by atoms with Crippen LogP contribution in [0.1, 0.15) is 21.5 Å². The van der Waals surface area contributed by atoms with Crippen LogP contribution in [0.4, 0.5) is 32.3 Å². The quantitative estimate of drug-likeness (QED) is 0.231. The molecule has 5 rings (SSSR count). The van der Waals surface area contributed by atoms with Gasteiger partial charge in [0.15, 0.2) is 0 Å². The van der Waals surface area contributed by atoms with Crippen LogP contribution in [-0.4, -0.2) is 61.0 Å². The smallest absolute Gasteiger partial charge is 0.335 e. The summed E-state index contributed by atoms with van der Waals surface area (Å²) >= 11 is 0. The highest BCUT2D eigenvalue weighted by molar-refractivity contribution is 6.05. The third kappa shape index (κ3) is 6.49. The Bertz CT molecular complexity index is 1400. The number of carbonyl (C=O) groups is 3. The molecule has 0 unspecified atom stereocenters. The van der Waals surface area contributed by atoms with Crippen LogP contribution in [0.3, 0.4) is 0 Å². The minimum absolute atomic E-state index is 0.104. The van der Waals surface area contributed by atoms with Crippen molar-refractivity contribution < 1.29 is 24.5 Å². The molecule has 0 aliphatic carbocycles. The number of carboxylic acids is 1. The third-order valence-electron chi connectivity index (χ3n) is 5.90. The first-order chi connectivity index (χ1) is 18.9. The molecule has 3 aromatic rings. The van der Waals surface area contributed by atoms with E-state index in [-0.39, 0.29) is 16.9 Å². The number of nitrogens with zero attached hydrogens (tertiary/aromatic N) is 1. The highest BCUT2D eigenvalue weighted by Crippen LogP contribution is 2.21. The van der Waals surface area contributed by atoms with Crippen molar-refractivity contribution in [2.45, 2.75) is 0 Å². The van der Waals surface area contributed by atoms with Gasteiger partial charge in [-0.3, -0.25) is 15.3 Å². The van der Waals surface area contributed by atoms with Gasteiger partial charge in [-0.05, 0) is 48.5 Å². The van der Waals surface area contributed by atoms with Crippen LogP contribution in [0.15, 0.2) is 71.7 Å². The predicted molar refractivity (Wildman–Crippen MR) is 149 cm³/mol. The summed E-state index contributed by atoms with van der Waals surface area (Å²) in [6.45, 7) is 3.11. The second kappa shape index (κ2) is 11.3. The molecule has 0 bridgehead atoms. The van der Waals surface area contributed by atoms with E-state index in [0.717, 1.165) is 42.4 Å². The lowest BCUT2D eigenvalue weighted by Crippen LogP contribution is -2.70. The van der Waals surface area contributed by atoms with Crippen LogP contribution in [0.2, 0.25) is 0 Å². The van der Waals surface area contributed by atoms with Crippen molar-refractivity contribution >= 4 is 52.5 Å². The number of benzene rings is 3. The van der Waals surface area contributed by atoms with E-state index in [1.54, 1.807) is 24.3 Å². The minimum Gasteiger partial charge on any atom is -0.478 e. The van der Waals surface area contributed by atoms with Gasteiger partial charge in [-0.2, -0.15) is 0 Å². The van der Waals surface area contributed by atoms with E-state index in [1.807, 2.05) is 24.3 Å². The Morgan fingerprint density at radius 3 is 1.92 bits per heavy atom. The van der Waals surface area contributed by atoms with Gasteiger partial charge in [-0.25, -0.2) is 14.4 Å². The van der Waals surface area contributed by atoms with Crippen LogP contribution in [0.5, 0.6) is 0 Å². The minimum atomic E-state index is -1.21. The van der Waals surface area contributed by atoms with Crippen LogP contribution < -0.4 is 36.9 Å². The molecule has 2 heterocycles. The molecular weight excluding hydrogens is 500 g/mol. The van der Waals surface area contributed by atoms with Crippen molar-refractivity contribution in [3.05, 3.63) is 83.4 Å². The molecule has 0 saturated heterocycles. The average Bonchev–Trinajstić information content (AvgIpc) is 3.64. The second-order valence-corrected chi connectivity index (χ2v) is 8.81. The summed E-state index contributed by atoms with van der Waals surface area (Å²) in [7, 11) is 0. The summed E-state index contributed by atoms with van der Waals surface area (Å²) in [4.78, 5) is 44.7. The molecule has 8 N–H and O–H groups in total. The van der Waals surface area contributed by atoms with Crippen molar-refractivity contribution in [1.29, 1.82) is 0 Å². The molecule has 198 valence electrons. The number of hydrogen-bond donors (Lipinski definition) is 8. The molecule has 0 fully saturated rings. The Balaban J connectivity index is 1.25. The molecule has 2 aliphatic rings.